The number of carbonyl (C=O) groups is 1. The summed E-state index contributed by atoms with van der Waals surface area (Å²) < 4.78 is 1.57. The van der Waals surface area contributed by atoms with Gasteiger partial charge in [-0.1, -0.05) is 35.1 Å². The van der Waals surface area contributed by atoms with Gasteiger partial charge < -0.3 is 5.32 Å². The van der Waals surface area contributed by atoms with E-state index >= 15 is 0 Å². The van der Waals surface area contributed by atoms with Crippen LogP contribution in [0.4, 0.5) is 0 Å². The van der Waals surface area contributed by atoms with E-state index in [1.807, 2.05) is 24.3 Å². The molecule has 0 spiro atoms. The second-order valence-corrected chi connectivity index (χ2v) is 5.88. The van der Waals surface area contributed by atoms with Crippen LogP contribution in [0.15, 0.2) is 24.3 Å². The number of benzene rings is 1. The molecule has 0 atom stereocenters. The molecule has 0 saturated heterocycles. The maximum absolute atomic E-state index is 12.0. The van der Waals surface area contributed by atoms with Crippen LogP contribution in [0.1, 0.15) is 21.2 Å². The molecule has 0 aliphatic rings. The van der Waals surface area contributed by atoms with Gasteiger partial charge in [0.1, 0.15) is 0 Å². The van der Waals surface area contributed by atoms with Gasteiger partial charge >= 0.3 is 0 Å². The van der Waals surface area contributed by atoms with Gasteiger partial charge in [-0.05, 0) is 31.0 Å². The van der Waals surface area contributed by atoms with Gasteiger partial charge in [-0.3, -0.25) is 4.79 Å². The summed E-state index contributed by atoms with van der Waals surface area (Å²) >= 11 is 7.14. The van der Waals surface area contributed by atoms with Crippen molar-refractivity contribution in [3.63, 3.8) is 0 Å². The highest BCUT2D eigenvalue weighted by atomic mass is 35.5. The first-order valence-corrected chi connectivity index (χ1v) is 7.54. The van der Waals surface area contributed by atoms with Gasteiger partial charge in [-0.25, -0.2) is 0 Å². The molecule has 0 unspecified atom stereocenters. The van der Waals surface area contributed by atoms with Gasteiger partial charge in [0.2, 0.25) is 9.97 Å². The first-order chi connectivity index (χ1) is 10.1. The van der Waals surface area contributed by atoms with E-state index in [-0.39, 0.29) is 5.91 Å². The molecule has 0 radical (unpaired) electrons. The number of aryl methyl sites for hydroxylation is 1. The zero-order chi connectivity index (χ0) is 14.8. The number of nitrogens with zero attached hydrogens (tertiary/aromatic N) is 4. The van der Waals surface area contributed by atoms with Crippen molar-refractivity contribution in [2.75, 3.05) is 6.54 Å². The molecule has 2 aromatic heterocycles. The summed E-state index contributed by atoms with van der Waals surface area (Å²) in [5, 5.41) is 15.9. The van der Waals surface area contributed by atoms with E-state index in [9.17, 15) is 4.79 Å². The maximum Gasteiger partial charge on any atom is 0.282 e. The van der Waals surface area contributed by atoms with Crippen LogP contribution < -0.4 is 5.32 Å². The van der Waals surface area contributed by atoms with Crippen molar-refractivity contribution in [3.8, 4) is 0 Å². The summed E-state index contributed by atoms with van der Waals surface area (Å²) in [6.45, 7) is 2.32. The highest BCUT2D eigenvalue weighted by Gasteiger charge is 2.14. The first-order valence-electron chi connectivity index (χ1n) is 6.35. The third-order valence-corrected chi connectivity index (χ3v) is 4.06. The van der Waals surface area contributed by atoms with E-state index in [0.29, 0.717) is 27.4 Å². The molecule has 21 heavy (non-hydrogen) atoms. The molecular formula is C13H12ClN5OS. The number of hydrogen-bond acceptors (Lipinski definition) is 5. The summed E-state index contributed by atoms with van der Waals surface area (Å²) in [6.07, 6.45) is 0.718. The summed E-state index contributed by atoms with van der Waals surface area (Å²) in [5.41, 5.74) is 1.08. The van der Waals surface area contributed by atoms with E-state index in [2.05, 4.69) is 20.6 Å². The second kappa shape index (κ2) is 5.79. The molecule has 1 N–H and O–H groups in total. The highest BCUT2D eigenvalue weighted by molar-refractivity contribution is 7.18. The Morgan fingerprint density at radius 1 is 1.43 bits per heavy atom. The standard InChI is InChI=1S/C13H12ClN5OS/c1-8-16-17-13-19(8)18-12(21-13)11(20)15-6-5-9-3-2-4-10(14)7-9/h2-4,7H,5-6H2,1H3,(H,15,20). The number of nitrogens with one attached hydrogen (secondary N) is 1. The minimum absolute atomic E-state index is 0.202. The van der Waals surface area contributed by atoms with E-state index in [0.717, 1.165) is 12.0 Å². The van der Waals surface area contributed by atoms with Gasteiger partial charge in [0.15, 0.2) is 5.82 Å². The SMILES string of the molecule is Cc1nnc2sc(C(=O)NCCc3cccc(Cl)c3)nn12. The van der Waals surface area contributed by atoms with Gasteiger partial charge in [0, 0.05) is 11.6 Å². The Bertz CT molecular complexity index is 797. The molecule has 0 saturated carbocycles. The molecule has 0 aliphatic carbocycles. The van der Waals surface area contributed by atoms with Crippen LogP contribution in [0.25, 0.3) is 4.96 Å². The van der Waals surface area contributed by atoms with Crippen LogP contribution in [0.5, 0.6) is 0 Å². The number of aromatic nitrogens is 4. The monoisotopic (exact) mass is 321 g/mol. The van der Waals surface area contributed by atoms with Crippen molar-refractivity contribution in [1.82, 2.24) is 25.1 Å². The summed E-state index contributed by atoms with van der Waals surface area (Å²) in [4.78, 5) is 12.6. The lowest BCUT2D eigenvalue weighted by Crippen LogP contribution is -2.25. The molecule has 6 nitrogen and oxygen atoms in total. The van der Waals surface area contributed by atoms with Gasteiger partial charge in [0.05, 0.1) is 0 Å². The second-order valence-electron chi connectivity index (χ2n) is 4.48. The lowest BCUT2D eigenvalue weighted by atomic mass is 10.1. The molecule has 0 aliphatic heterocycles. The molecule has 108 valence electrons. The van der Waals surface area contributed by atoms with Crippen molar-refractivity contribution >= 4 is 33.8 Å². The zero-order valence-electron chi connectivity index (χ0n) is 11.2. The van der Waals surface area contributed by atoms with Crippen molar-refractivity contribution in [2.45, 2.75) is 13.3 Å². The van der Waals surface area contributed by atoms with Crippen LogP contribution in [-0.2, 0) is 6.42 Å². The van der Waals surface area contributed by atoms with Gasteiger partial charge in [-0.2, -0.15) is 4.52 Å². The Labute approximate surface area is 129 Å². The quantitative estimate of drug-likeness (QED) is 0.799. The predicted octanol–water partition coefficient (Wildman–Crippen LogP) is 2.12. The average Bonchev–Trinajstić information content (AvgIpc) is 3.02. The molecule has 3 rings (SSSR count). The summed E-state index contributed by atoms with van der Waals surface area (Å²) in [6, 6.07) is 7.58. The zero-order valence-corrected chi connectivity index (χ0v) is 12.8. The lowest BCUT2D eigenvalue weighted by Gasteiger charge is -2.03. The van der Waals surface area contributed by atoms with Gasteiger partial charge in [-0.15, -0.1) is 15.3 Å². The third-order valence-electron chi connectivity index (χ3n) is 2.93. The van der Waals surface area contributed by atoms with E-state index in [1.165, 1.54) is 11.3 Å². The Morgan fingerprint density at radius 3 is 3.05 bits per heavy atom. The maximum atomic E-state index is 12.0. The van der Waals surface area contributed by atoms with Crippen LogP contribution in [-0.4, -0.2) is 32.3 Å². The molecule has 8 heteroatoms. The fourth-order valence-corrected chi connectivity index (χ4v) is 2.91. The van der Waals surface area contributed by atoms with Gasteiger partial charge in [0.25, 0.3) is 5.91 Å². The number of fused-ring (bicyclic) bond motifs is 1. The van der Waals surface area contributed by atoms with Crippen molar-refractivity contribution in [3.05, 3.63) is 45.7 Å². The minimum Gasteiger partial charge on any atom is -0.350 e. The van der Waals surface area contributed by atoms with Crippen LogP contribution in [0.2, 0.25) is 5.02 Å². The Morgan fingerprint density at radius 2 is 2.29 bits per heavy atom. The fraction of sp³-hybridized carbons (Fsp3) is 0.231. The highest BCUT2D eigenvalue weighted by Crippen LogP contribution is 2.13. The molecule has 0 bridgehead atoms. The van der Waals surface area contributed by atoms with Crippen molar-refractivity contribution < 1.29 is 4.79 Å². The smallest absolute Gasteiger partial charge is 0.282 e. The van der Waals surface area contributed by atoms with E-state index < -0.39 is 0 Å². The van der Waals surface area contributed by atoms with E-state index in [4.69, 9.17) is 11.6 Å². The predicted molar refractivity (Wildman–Crippen MR) is 80.9 cm³/mol. The molecule has 0 fully saturated rings. The lowest BCUT2D eigenvalue weighted by molar-refractivity contribution is 0.0952. The fourth-order valence-electron chi connectivity index (χ4n) is 1.89. The topological polar surface area (TPSA) is 72.2 Å². The third kappa shape index (κ3) is 3.03. The van der Waals surface area contributed by atoms with Crippen molar-refractivity contribution in [1.29, 1.82) is 0 Å². The Hall–Kier alpha value is -1.99. The van der Waals surface area contributed by atoms with Crippen LogP contribution in [0.3, 0.4) is 0 Å². The summed E-state index contributed by atoms with van der Waals surface area (Å²) in [7, 11) is 0. The van der Waals surface area contributed by atoms with Crippen molar-refractivity contribution in [2.24, 2.45) is 0 Å². The first kappa shape index (κ1) is 14.0. The average molecular weight is 322 g/mol. The largest absolute Gasteiger partial charge is 0.350 e. The molecule has 2 heterocycles. The number of amides is 1. The van der Waals surface area contributed by atoms with Crippen LogP contribution >= 0.6 is 22.9 Å². The molecule has 3 aromatic rings. The molecule has 1 amide bonds. The normalized spacial score (nSPS) is 11.0. The number of carbonyl (C=O) groups excluding carboxylic acids is 1. The van der Waals surface area contributed by atoms with Crippen LogP contribution in [0, 0.1) is 6.92 Å². The number of hydrogen-bond donors (Lipinski definition) is 1. The number of rotatable bonds is 4. The van der Waals surface area contributed by atoms with E-state index in [1.54, 1.807) is 11.4 Å². The minimum atomic E-state index is -0.202. The number of halogens is 1. The molecule has 1 aromatic carbocycles. The molecular weight excluding hydrogens is 310 g/mol. The Kier molecular flexibility index (Phi) is 3.85. The summed E-state index contributed by atoms with van der Waals surface area (Å²) in [5.74, 6) is 0.464. The Balaban J connectivity index is 1.61.